The molecule has 2 aromatic carbocycles. The van der Waals surface area contributed by atoms with Crippen LogP contribution in [0.3, 0.4) is 0 Å². The van der Waals surface area contributed by atoms with Crippen LogP contribution in [-0.4, -0.2) is 11.1 Å². The van der Waals surface area contributed by atoms with Crippen molar-refractivity contribution in [1.82, 2.24) is 0 Å². The van der Waals surface area contributed by atoms with Crippen molar-refractivity contribution in [3.05, 3.63) is 63.7 Å². The van der Waals surface area contributed by atoms with Crippen molar-refractivity contribution in [1.29, 1.82) is 0 Å². The van der Waals surface area contributed by atoms with Crippen molar-refractivity contribution in [2.75, 3.05) is 0 Å². The van der Waals surface area contributed by atoms with Gasteiger partial charge in [-0.2, -0.15) is 0 Å². The number of benzene rings is 2. The largest absolute Gasteiger partial charge is 0.478 e. The third-order valence-electron chi connectivity index (χ3n) is 2.38. The smallest absolute Gasteiger partial charge is 0.349 e. The summed E-state index contributed by atoms with van der Waals surface area (Å²) < 4.78 is 6.54. The predicted molar refractivity (Wildman–Crippen MR) is 76.6 cm³/mol. The monoisotopic (exact) mass is 354 g/mol. The highest BCUT2D eigenvalue weighted by atomic mass is 127. The van der Waals surface area contributed by atoms with E-state index in [1.807, 2.05) is 18.2 Å². The molecular weight excluding hydrogens is 343 g/mol. The summed E-state index contributed by atoms with van der Waals surface area (Å²) >= 11 is 2.16. The van der Waals surface area contributed by atoms with Gasteiger partial charge in [-0.1, -0.05) is 36.4 Å². The van der Waals surface area contributed by atoms with Gasteiger partial charge < -0.3 is 9.84 Å². The van der Waals surface area contributed by atoms with Crippen LogP contribution in [0.5, 0.6) is 5.75 Å². The van der Waals surface area contributed by atoms with E-state index in [4.69, 9.17) is 4.74 Å². The number of carboxylic acids is 1. The minimum Gasteiger partial charge on any atom is -0.478 e. The van der Waals surface area contributed by atoms with Gasteiger partial charge in [-0.15, -0.1) is 0 Å². The molecule has 2 rings (SSSR count). The molecule has 0 heterocycles. The number of rotatable bonds is 4. The number of halogens is 1. The lowest BCUT2D eigenvalue weighted by Crippen LogP contribution is -2.18. The van der Waals surface area contributed by atoms with Crippen molar-refractivity contribution in [2.24, 2.45) is 0 Å². The van der Waals surface area contributed by atoms with Gasteiger partial charge in [0.15, 0.2) is 0 Å². The lowest BCUT2D eigenvalue weighted by Gasteiger charge is -2.15. The van der Waals surface area contributed by atoms with Crippen LogP contribution in [0.25, 0.3) is 0 Å². The molecule has 0 saturated carbocycles. The summed E-state index contributed by atoms with van der Waals surface area (Å²) in [5.74, 6) is -0.446. The quantitative estimate of drug-likeness (QED) is 0.855. The van der Waals surface area contributed by atoms with Crippen LogP contribution in [0, 0.1) is 3.57 Å². The molecule has 1 atom stereocenters. The number of carbonyl (C=O) groups is 1. The highest BCUT2D eigenvalue weighted by molar-refractivity contribution is 14.1. The molecule has 0 aliphatic rings. The summed E-state index contributed by atoms with van der Waals surface area (Å²) in [6.07, 6.45) is -0.982. The van der Waals surface area contributed by atoms with Gasteiger partial charge in [-0.05, 0) is 40.8 Å². The third kappa shape index (κ3) is 3.22. The molecule has 18 heavy (non-hydrogen) atoms. The molecule has 0 saturated heterocycles. The molecule has 4 heteroatoms. The molecule has 92 valence electrons. The zero-order valence-corrected chi connectivity index (χ0v) is 11.6. The fourth-order valence-corrected chi connectivity index (χ4v) is 2.08. The molecule has 0 spiro atoms. The predicted octanol–water partition coefficient (Wildman–Crippen LogP) is 3.50. The van der Waals surface area contributed by atoms with Gasteiger partial charge in [0.25, 0.3) is 0 Å². The second kappa shape index (κ2) is 5.86. The highest BCUT2D eigenvalue weighted by Crippen LogP contribution is 2.23. The SMILES string of the molecule is O=C(O)C(Oc1cccc(I)c1)c1ccccc1. The van der Waals surface area contributed by atoms with Gasteiger partial charge in [0, 0.05) is 9.13 Å². The lowest BCUT2D eigenvalue weighted by atomic mass is 10.1. The van der Waals surface area contributed by atoms with Crippen LogP contribution in [0.15, 0.2) is 54.6 Å². The Kier molecular flexibility index (Phi) is 4.19. The molecule has 0 bridgehead atoms. The second-order valence-electron chi connectivity index (χ2n) is 3.70. The van der Waals surface area contributed by atoms with Gasteiger partial charge in [0.1, 0.15) is 5.75 Å². The van der Waals surface area contributed by atoms with Crippen LogP contribution >= 0.6 is 22.6 Å². The van der Waals surface area contributed by atoms with Crippen LogP contribution < -0.4 is 4.74 Å². The molecule has 3 nitrogen and oxygen atoms in total. The maximum Gasteiger partial charge on any atom is 0.349 e. The maximum atomic E-state index is 11.3. The normalized spacial score (nSPS) is 11.8. The molecule has 0 radical (unpaired) electrons. The third-order valence-corrected chi connectivity index (χ3v) is 3.05. The molecule has 0 amide bonds. The molecule has 0 aliphatic carbocycles. The van der Waals surface area contributed by atoms with Gasteiger partial charge in [-0.25, -0.2) is 4.79 Å². The van der Waals surface area contributed by atoms with Crippen molar-refractivity contribution >= 4 is 28.6 Å². The van der Waals surface area contributed by atoms with Crippen molar-refractivity contribution in [2.45, 2.75) is 6.10 Å². The summed E-state index contributed by atoms with van der Waals surface area (Å²) in [5.41, 5.74) is 0.629. The summed E-state index contributed by atoms with van der Waals surface area (Å²) in [5, 5.41) is 9.23. The molecule has 0 aromatic heterocycles. The second-order valence-corrected chi connectivity index (χ2v) is 4.95. The van der Waals surface area contributed by atoms with E-state index in [0.29, 0.717) is 11.3 Å². The topological polar surface area (TPSA) is 46.5 Å². The number of carboxylic acid groups (broad SMARTS) is 1. The molecular formula is C14H11IO3. The van der Waals surface area contributed by atoms with E-state index < -0.39 is 12.1 Å². The Morgan fingerprint density at radius 1 is 1.11 bits per heavy atom. The van der Waals surface area contributed by atoms with Gasteiger partial charge >= 0.3 is 5.97 Å². The Balaban J connectivity index is 2.25. The minimum absolute atomic E-state index is 0.554. The molecule has 0 aliphatic heterocycles. The lowest BCUT2D eigenvalue weighted by molar-refractivity contribution is -0.145. The van der Waals surface area contributed by atoms with Crippen LogP contribution in [-0.2, 0) is 4.79 Å². The fourth-order valence-electron chi connectivity index (χ4n) is 1.57. The van der Waals surface area contributed by atoms with Crippen molar-refractivity contribution in [3.8, 4) is 5.75 Å². The Hall–Kier alpha value is -1.56. The zero-order valence-electron chi connectivity index (χ0n) is 9.42. The van der Waals surface area contributed by atoms with Crippen LogP contribution in [0.1, 0.15) is 11.7 Å². The number of aliphatic carboxylic acids is 1. The maximum absolute atomic E-state index is 11.3. The van der Waals surface area contributed by atoms with Crippen LogP contribution in [0.2, 0.25) is 0 Å². The number of hydrogen-bond donors (Lipinski definition) is 1. The minimum atomic E-state index is -1.000. The Morgan fingerprint density at radius 2 is 1.83 bits per heavy atom. The van der Waals surface area contributed by atoms with E-state index >= 15 is 0 Å². The summed E-state index contributed by atoms with van der Waals surface area (Å²) in [6.45, 7) is 0. The number of ether oxygens (including phenoxy) is 1. The Morgan fingerprint density at radius 3 is 2.44 bits per heavy atom. The molecule has 0 fully saturated rings. The van der Waals surface area contributed by atoms with E-state index in [9.17, 15) is 9.90 Å². The van der Waals surface area contributed by atoms with Gasteiger partial charge in [0.2, 0.25) is 6.10 Å². The van der Waals surface area contributed by atoms with E-state index in [1.54, 1.807) is 36.4 Å². The molecule has 1 N–H and O–H groups in total. The average molecular weight is 354 g/mol. The standard InChI is InChI=1S/C14H11IO3/c15-11-7-4-8-12(9-11)18-13(14(16)17)10-5-2-1-3-6-10/h1-9,13H,(H,16,17). The van der Waals surface area contributed by atoms with Gasteiger partial charge in [0.05, 0.1) is 0 Å². The van der Waals surface area contributed by atoms with Crippen LogP contribution in [0.4, 0.5) is 0 Å². The summed E-state index contributed by atoms with van der Waals surface area (Å²) in [4.78, 5) is 11.3. The van der Waals surface area contributed by atoms with E-state index in [1.165, 1.54) is 0 Å². The average Bonchev–Trinajstić information content (AvgIpc) is 2.37. The fraction of sp³-hybridized carbons (Fsp3) is 0.0714. The Bertz CT molecular complexity index is 540. The van der Waals surface area contributed by atoms with E-state index in [2.05, 4.69) is 22.6 Å². The van der Waals surface area contributed by atoms with Crippen molar-refractivity contribution in [3.63, 3.8) is 0 Å². The first-order chi connectivity index (χ1) is 8.66. The van der Waals surface area contributed by atoms with E-state index in [-0.39, 0.29) is 0 Å². The summed E-state index contributed by atoms with van der Waals surface area (Å²) in [7, 11) is 0. The Labute approximate surface area is 119 Å². The van der Waals surface area contributed by atoms with Gasteiger partial charge in [-0.3, -0.25) is 0 Å². The van der Waals surface area contributed by atoms with E-state index in [0.717, 1.165) is 3.57 Å². The first kappa shape index (κ1) is 12.9. The first-order valence-electron chi connectivity index (χ1n) is 5.37. The number of hydrogen-bond acceptors (Lipinski definition) is 2. The zero-order chi connectivity index (χ0) is 13.0. The van der Waals surface area contributed by atoms with Crippen molar-refractivity contribution < 1.29 is 14.6 Å². The highest BCUT2D eigenvalue weighted by Gasteiger charge is 2.21. The first-order valence-corrected chi connectivity index (χ1v) is 6.44. The molecule has 2 aromatic rings. The molecule has 1 unspecified atom stereocenters. The summed E-state index contributed by atoms with van der Waals surface area (Å²) in [6, 6.07) is 16.2.